The van der Waals surface area contributed by atoms with Gasteiger partial charge in [-0.25, -0.2) is 0 Å². The highest BCUT2D eigenvalue weighted by Crippen LogP contribution is 2.32. The molecule has 1 saturated heterocycles. The second-order valence-electron chi connectivity index (χ2n) is 6.43. The molecule has 1 atom stereocenters. The minimum Gasteiger partial charge on any atom is -0.353 e. The summed E-state index contributed by atoms with van der Waals surface area (Å²) in [4.78, 5) is 15.1. The number of nitrogens with zero attached hydrogens (tertiary/aromatic N) is 1. The summed E-state index contributed by atoms with van der Waals surface area (Å²) in [5.41, 5.74) is -0.127. The van der Waals surface area contributed by atoms with E-state index in [1.807, 2.05) is 0 Å². The maximum atomic E-state index is 12.6. The number of nitrogens with one attached hydrogen (secondary N) is 2. The van der Waals surface area contributed by atoms with E-state index in [0.717, 1.165) is 64.8 Å². The Balaban J connectivity index is 2.35. The highest BCUT2D eigenvalue weighted by Gasteiger charge is 2.37. The van der Waals surface area contributed by atoms with Crippen LogP contribution in [0, 0.1) is 5.41 Å². The van der Waals surface area contributed by atoms with Crippen LogP contribution >= 0.6 is 0 Å². The van der Waals surface area contributed by atoms with Crippen LogP contribution < -0.4 is 10.6 Å². The van der Waals surface area contributed by atoms with E-state index < -0.39 is 0 Å². The van der Waals surface area contributed by atoms with Crippen LogP contribution in [-0.2, 0) is 4.79 Å². The van der Waals surface area contributed by atoms with Gasteiger partial charge in [0, 0.05) is 6.04 Å². The molecule has 0 aromatic carbocycles. The highest BCUT2D eigenvalue weighted by molar-refractivity contribution is 5.83. The van der Waals surface area contributed by atoms with E-state index in [2.05, 4.69) is 43.2 Å². The van der Waals surface area contributed by atoms with Crippen LogP contribution in [0.25, 0.3) is 0 Å². The van der Waals surface area contributed by atoms with Crippen molar-refractivity contribution in [2.45, 2.75) is 65.8 Å². The SMILES string of the molecule is CCN(CC)CCCC(C)NC(=O)C1(CC)CCNCC1. The van der Waals surface area contributed by atoms with Gasteiger partial charge in [0.15, 0.2) is 0 Å². The second-order valence-corrected chi connectivity index (χ2v) is 6.43. The Bertz CT molecular complexity index is 296. The summed E-state index contributed by atoms with van der Waals surface area (Å²) in [5, 5.41) is 6.62. The largest absolute Gasteiger partial charge is 0.353 e. The van der Waals surface area contributed by atoms with Crippen LogP contribution in [-0.4, -0.2) is 49.6 Å². The predicted octanol–water partition coefficient (Wildman–Crippen LogP) is 2.39. The summed E-state index contributed by atoms with van der Waals surface area (Å²) < 4.78 is 0. The molecule has 1 amide bonds. The van der Waals surface area contributed by atoms with Crippen molar-refractivity contribution in [2.24, 2.45) is 5.41 Å². The molecule has 1 fully saturated rings. The smallest absolute Gasteiger partial charge is 0.226 e. The molecule has 0 saturated carbocycles. The van der Waals surface area contributed by atoms with E-state index in [9.17, 15) is 4.79 Å². The molecule has 0 radical (unpaired) electrons. The lowest BCUT2D eigenvalue weighted by molar-refractivity contribution is -0.133. The molecule has 2 N–H and O–H groups in total. The van der Waals surface area contributed by atoms with Gasteiger partial charge in [0.25, 0.3) is 0 Å². The van der Waals surface area contributed by atoms with Gasteiger partial charge in [-0.2, -0.15) is 0 Å². The molecule has 0 aliphatic carbocycles. The molecular formula is C17H35N3O. The number of amides is 1. The van der Waals surface area contributed by atoms with Crippen LogP contribution in [0.1, 0.15) is 59.8 Å². The van der Waals surface area contributed by atoms with E-state index >= 15 is 0 Å². The number of carbonyl (C=O) groups excluding carboxylic acids is 1. The van der Waals surface area contributed by atoms with Crippen molar-refractivity contribution in [3.63, 3.8) is 0 Å². The van der Waals surface area contributed by atoms with Gasteiger partial charge in [-0.05, 0) is 71.8 Å². The Labute approximate surface area is 131 Å². The molecule has 124 valence electrons. The first kappa shape index (κ1) is 18.4. The van der Waals surface area contributed by atoms with E-state index in [1.165, 1.54) is 0 Å². The number of rotatable bonds is 9. The van der Waals surface area contributed by atoms with Crippen molar-refractivity contribution in [2.75, 3.05) is 32.7 Å². The third kappa shape index (κ3) is 5.59. The van der Waals surface area contributed by atoms with Gasteiger partial charge in [-0.3, -0.25) is 4.79 Å². The number of hydrogen-bond donors (Lipinski definition) is 2. The van der Waals surface area contributed by atoms with Gasteiger partial charge in [0.1, 0.15) is 0 Å². The number of hydrogen-bond acceptors (Lipinski definition) is 3. The van der Waals surface area contributed by atoms with Gasteiger partial charge >= 0.3 is 0 Å². The van der Waals surface area contributed by atoms with Crippen LogP contribution in [0.3, 0.4) is 0 Å². The molecule has 1 rings (SSSR count). The van der Waals surface area contributed by atoms with Crippen molar-refractivity contribution >= 4 is 5.91 Å². The van der Waals surface area contributed by atoms with E-state index in [0.29, 0.717) is 0 Å². The molecule has 4 nitrogen and oxygen atoms in total. The van der Waals surface area contributed by atoms with Crippen LogP contribution in [0.5, 0.6) is 0 Å². The van der Waals surface area contributed by atoms with E-state index in [1.54, 1.807) is 0 Å². The van der Waals surface area contributed by atoms with Gasteiger partial charge < -0.3 is 15.5 Å². The highest BCUT2D eigenvalue weighted by atomic mass is 16.2. The third-order valence-electron chi connectivity index (χ3n) is 5.10. The minimum atomic E-state index is -0.127. The molecule has 1 aliphatic heterocycles. The molecule has 21 heavy (non-hydrogen) atoms. The fourth-order valence-corrected chi connectivity index (χ4v) is 3.26. The molecule has 0 spiro atoms. The summed E-state index contributed by atoms with van der Waals surface area (Å²) in [5.74, 6) is 0.279. The van der Waals surface area contributed by atoms with E-state index in [4.69, 9.17) is 0 Å². The first-order valence-electron chi connectivity index (χ1n) is 8.82. The fraction of sp³-hybridized carbons (Fsp3) is 0.941. The van der Waals surface area contributed by atoms with Gasteiger partial charge in [-0.15, -0.1) is 0 Å². The Morgan fingerprint density at radius 2 is 1.86 bits per heavy atom. The Morgan fingerprint density at radius 1 is 1.24 bits per heavy atom. The lowest BCUT2D eigenvalue weighted by Crippen LogP contribution is -2.49. The summed E-state index contributed by atoms with van der Waals surface area (Å²) >= 11 is 0. The standard InChI is InChI=1S/C17H35N3O/c1-5-17(10-12-18-13-11-17)16(21)19-15(4)9-8-14-20(6-2)7-3/h15,18H,5-14H2,1-4H3,(H,19,21). The lowest BCUT2D eigenvalue weighted by atomic mass is 9.75. The van der Waals surface area contributed by atoms with Crippen molar-refractivity contribution in [3.8, 4) is 0 Å². The van der Waals surface area contributed by atoms with Gasteiger partial charge in [-0.1, -0.05) is 20.8 Å². The third-order valence-corrected chi connectivity index (χ3v) is 5.10. The van der Waals surface area contributed by atoms with Crippen molar-refractivity contribution in [1.82, 2.24) is 15.5 Å². The topological polar surface area (TPSA) is 44.4 Å². The van der Waals surface area contributed by atoms with Gasteiger partial charge in [0.05, 0.1) is 5.41 Å². The molecule has 1 heterocycles. The van der Waals surface area contributed by atoms with Gasteiger partial charge in [0.2, 0.25) is 5.91 Å². The van der Waals surface area contributed by atoms with Crippen molar-refractivity contribution < 1.29 is 4.79 Å². The molecule has 0 aromatic heterocycles. The monoisotopic (exact) mass is 297 g/mol. The summed E-state index contributed by atoms with van der Waals surface area (Å²) in [6.45, 7) is 14.0. The average molecular weight is 297 g/mol. The maximum absolute atomic E-state index is 12.6. The van der Waals surface area contributed by atoms with Crippen molar-refractivity contribution in [1.29, 1.82) is 0 Å². The Morgan fingerprint density at radius 3 is 2.38 bits per heavy atom. The molecule has 0 aromatic rings. The first-order valence-corrected chi connectivity index (χ1v) is 8.82. The molecule has 1 aliphatic rings. The van der Waals surface area contributed by atoms with E-state index in [-0.39, 0.29) is 17.4 Å². The Hall–Kier alpha value is -0.610. The maximum Gasteiger partial charge on any atom is 0.226 e. The summed E-state index contributed by atoms with van der Waals surface area (Å²) in [6.07, 6.45) is 5.12. The fourth-order valence-electron chi connectivity index (χ4n) is 3.26. The number of carbonyl (C=O) groups is 1. The zero-order valence-electron chi connectivity index (χ0n) is 14.5. The molecule has 1 unspecified atom stereocenters. The summed E-state index contributed by atoms with van der Waals surface area (Å²) in [7, 11) is 0. The lowest BCUT2D eigenvalue weighted by Gasteiger charge is -2.36. The zero-order valence-corrected chi connectivity index (χ0v) is 14.5. The van der Waals surface area contributed by atoms with Crippen LogP contribution in [0.15, 0.2) is 0 Å². The zero-order chi connectivity index (χ0) is 15.7. The Kier molecular flexibility index (Phi) is 8.27. The molecule has 0 bridgehead atoms. The second kappa shape index (κ2) is 9.42. The summed E-state index contributed by atoms with van der Waals surface area (Å²) in [6, 6.07) is 0.284. The van der Waals surface area contributed by atoms with Crippen molar-refractivity contribution in [3.05, 3.63) is 0 Å². The predicted molar refractivity (Wildman–Crippen MR) is 89.5 cm³/mol. The number of piperidine rings is 1. The molecular weight excluding hydrogens is 262 g/mol. The average Bonchev–Trinajstić information content (AvgIpc) is 2.52. The minimum absolute atomic E-state index is 0.127. The quantitative estimate of drug-likeness (QED) is 0.687. The normalized spacial score (nSPS) is 19.5. The van der Waals surface area contributed by atoms with Crippen LogP contribution in [0.2, 0.25) is 0 Å². The first-order chi connectivity index (χ1) is 10.1. The molecule has 4 heteroatoms. The van der Waals surface area contributed by atoms with Crippen LogP contribution in [0.4, 0.5) is 0 Å².